The molecule has 0 aliphatic heterocycles. The molecule has 8 atom stereocenters. The minimum absolute atomic E-state index is 0.0346. The summed E-state index contributed by atoms with van der Waals surface area (Å²) in [7, 11) is 2.13. The van der Waals surface area contributed by atoms with Crippen LogP contribution in [0.3, 0.4) is 0 Å². The van der Waals surface area contributed by atoms with E-state index >= 15 is 4.39 Å². The van der Waals surface area contributed by atoms with Crippen molar-refractivity contribution in [1.29, 1.82) is 0 Å². The van der Waals surface area contributed by atoms with Gasteiger partial charge in [-0.3, -0.25) is 4.79 Å². The van der Waals surface area contributed by atoms with Crippen LogP contribution in [0.2, 0.25) is 0 Å². The highest BCUT2D eigenvalue weighted by atomic mass is 19.1. The zero-order valence-electron chi connectivity index (χ0n) is 19.5. The van der Waals surface area contributed by atoms with Gasteiger partial charge in [-0.1, -0.05) is 34.6 Å². The van der Waals surface area contributed by atoms with Crippen molar-refractivity contribution in [2.45, 2.75) is 92.5 Å². The number of hydrogen-bond donors (Lipinski definition) is 1. The van der Waals surface area contributed by atoms with E-state index in [-0.39, 0.29) is 22.4 Å². The summed E-state index contributed by atoms with van der Waals surface area (Å²) >= 11 is 0. The predicted molar refractivity (Wildman–Crippen MR) is 115 cm³/mol. The Morgan fingerprint density at radius 3 is 2.24 bits per heavy atom. The first-order valence-corrected chi connectivity index (χ1v) is 12.0. The van der Waals surface area contributed by atoms with Crippen molar-refractivity contribution in [2.75, 3.05) is 7.05 Å². The first kappa shape index (κ1) is 20.2. The highest BCUT2D eigenvalue weighted by Gasteiger charge is 2.85. The molecule has 1 N–H and O–H groups in total. The maximum Gasteiger partial charge on any atom is 0.158 e. The number of halogens is 1. The van der Waals surface area contributed by atoms with E-state index < -0.39 is 0 Å². The molecule has 1 unspecified atom stereocenters. The highest BCUT2D eigenvalue weighted by molar-refractivity contribution is 5.96. The van der Waals surface area contributed by atoms with Gasteiger partial charge in [-0.2, -0.15) is 0 Å². The Labute approximate surface area is 176 Å². The molecular formula is C26H40FNO. The number of allylic oxidation sites excluding steroid dienone is 2. The fourth-order valence-corrected chi connectivity index (χ4v) is 10.8. The molecular weight excluding hydrogens is 361 g/mol. The van der Waals surface area contributed by atoms with E-state index in [2.05, 4.69) is 47.0 Å². The number of nitrogens with one attached hydrogen (secondary N) is 1. The number of carbonyl (C=O) groups is 1. The van der Waals surface area contributed by atoms with Crippen LogP contribution in [-0.2, 0) is 4.79 Å². The van der Waals surface area contributed by atoms with E-state index in [0.717, 1.165) is 18.3 Å². The van der Waals surface area contributed by atoms with Crippen molar-refractivity contribution >= 4 is 5.78 Å². The monoisotopic (exact) mass is 401 g/mol. The van der Waals surface area contributed by atoms with Gasteiger partial charge in [0.2, 0.25) is 0 Å². The molecule has 0 aromatic rings. The quantitative estimate of drug-likeness (QED) is 0.609. The third-order valence-corrected chi connectivity index (χ3v) is 12.1. The van der Waals surface area contributed by atoms with Crippen LogP contribution in [0.15, 0.2) is 11.4 Å². The summed E-state index contributed by atoms with van der Waals surface area (Å²) in [6, 6.07) is 0.596. The molecule has 4 saturated carbocycles. The number of ketones is 1. The van der Waals surface area contributed by atoms with Gasteiger partial charge in [-0.15, -0.1) is 0 Å². The molecule has 162 valence electrons. The standard InChI is InChI=1S/C26H40FNO/c1-15(29)21-17(27)14-24(6)19-9-8-18-22(3,4)20(28-7)10-11-25(18)16(2)26(19,25)13-12-23(21,24)5/h16,18-20,28H,8-14H2,1-7H3/t16-,18+,19+,20+,23-,24+,25?,26+/m1/s1. The van der Waals surface area contributed by atoms with Crippen LogP contribution in [0, 0.1) is 44.8 Å². The van der Waals surface area contributed by atoms with Crippen LogP contribution >= 0.6 is 0 Å². The summed E-state index contributed by atoms with van der Waals surface area (Å²) in [6.07, 6.45) is 7.72. The van der Waals surface area contributed by atoms with E-state index in [4.69, 9.17) is 0 Å². The van der Waals surface area contributed by atoms with Crippen molar-refractivity contribution in [3.05, 3.63) is 11.4 Å². The van der Waals surface area contributed by atoms with Crippen LogP contribution in [0.25, 0.3) is 0 Å². The number of carbonyl (C=O) groups excluding carboxylic acids is 1. The summed E-state index contributed by atoms with van der Waals surface area (Å²) in [4.78, 5) is 12.4. The van der Waals surface area contributed by atoms with E-state index in [1.54, 1.807) is 6.92 Å². The van der Waals surface area contributed by atoms with E-state index in [1.165, 1.54) is 32.1 Å². The third kappa shape index (κ3) is 1.88. The van der Waals surface area contributed by atoms with Crippen molar-refractivity contribution in [1.82, 2.24) is 5.32 Å². The van der Waals surface area contributed by atoms with Crippen LogP contribution in [-0.4, -0.2) is 18.9 Å². The van der Waals surface area contributed by atoms with Crippen LogP contribution in [0.4, 0.5) is 4.39 Å². The van der Waals surface area contributed by atoms with E-state index in [0.29, 0.717) is 40.2 Å². The Kier molecular flexibility index (Phi) is 3.87. The minimum atomic E-state index is -0.285. The summed E-state index contributed by atoms with van der Waals surface area (Å²) in [5, 5.41) is 3.63. The molecule has 0 aromatic heterocycles. The Morgan fingerprint density at radius 1 is 1.00 bits per heavy atom. The highest BCUT2D eigenvalue weighted by Crippen LogP contribution is 2.91. The van der Waals surface area contributed by atoms with Crippen molar-refractivity contribution in [3.8, 4) is 0 Å². The van der Waals surface area contributed by atoms with Crippen LogP contribution < -0.4 is 5.32 Å². The minimum Gasteiger partial charge on any atom is -0.316 e. The fourth-order valence-electron chi connectivity index (χ4n) is 10.8. The Bertz CT molecular complexity index is 816. The number of Topliss-reactive ketones (excluding diaryl/α,β-unsaturated/α-hetero) is 1. The molecule has 2 spiro atoms. The molecule has 2 nitrogen and oxygen atoms in total. The molecule has 0 saturated heterocycles. The molecule has 0 radical (unpaired) electrons. The molecule has 5 aliphatic carbocycles. The van der Waals surface area contributed by atoms with Gasteiger partial charge >= 0.3 is 0 Å². The SMILES string of the molecule is CN[C@H]1CCC23[C@@H](C)[C@]24CC[C@]2(C)C(C(C)=O)=C(F)C[C@@]2(C)[C@@H]4CC[C@H]3C1(C)C. The largest absolute Gasteiger partial charge is 0.316 e. The van der Waals surface area contributed by atoms with Gasteiger partial charge in [-0.25, -0.2) is 4.39 Å². The molecule has 0 aromatic carbocycles. The average molecular weight is 402 g/mol. The molecule has 29 heavy (non-hydrogen) atoms. The fraction of sp³-hybridized carbons (Fsp3) is 0.885. The normalized spacial score (nSPS) is 54.9. The molecule has 5 aliphatic rings. The molecule has 0 amide bonds. The third-order valence-electron chi connectivity index (χ3n) is 12.1. The summed E-state index contributed by atoms with van der Waals surface area (Å²) < 4.78 is 15.2. The average Bonchev–Trinajstić information content (AvgIpc) is 3.06. The maximum absolute atomic E-state index is 15.2. The second-order valence-electron chi connectivity index (χ2n) is 12.4. The van der Waals surface area contributed by atoms with Crippen LogP contribution in [0.5, 0.6) is 0 Å². The van der Waals surface area contributed by atoms with Crippen molar-refractivity contribution < 1.29 is 9.18 Å². The molecule has 5 rings (SSSR count). The van der Waals surface area contributed by atoms with Gasteiger partial charge in [0, 0.05) is 23.5 Å². The van der Waals surface area contributed by atoms with Crippen LogP contribution in [0.1, 0.15) is 86.5 Å². The van der Waals surface area contributed by atoms with Crippen molar-refractivity contribution in [3.63, 3.8) is 0 Å². The van der Waals surface area contributed by atoms with Gasteiger partial charge in [0.15, 0.2) is 5.78 Å². The lowest BCUT2D eigenvalue weighted by atomic mass is 9.42. The van der Waals surface area contributed by atoms with Gasteiger partial charge in [0.1, 0.15) is 5.83 Å². The molecule has 0 heterocycles. The first-order valence-electron chi connectivity index (χ1n) is 12.0. The van der Waals surface area contributed by atoms with Gasteiger partial charge in [0.25, 0.3) is 0 Å². The van der Waals surface area contributed by atoms with Gasteiger partial charge in [-0.05, 0) is 91.9 Å². The second-order valence-corrected chi connectivity index (χ2v) is 12.4. The van der Waals surface area contributed by atoms with Crippen molar-refractivity contribution in [2.24, 2.45) is 44.8 Å². The zero-order chi connectivity index (χ0) is 21.2. The first-order chi connectivity index (χ1) is 13.4. The zero-order valence-corrected chi connectivity index (χ0v) is 19.5. The number of rotatable bonds is 2. The lowest BCUT2D eigenvalue weighted by Gasteiger charge is -2.62. The van der Waals surface area contributed by atoms with Gasteiger partial charge < -0.3 is 5.32 Å². The number of hydrogen-bond acceptors (Lipinski definition) is 2. The predicted octanol–water partition coefficient (Wildman–Crippen LogP) is 6.07. The van der Waals surface area contributed by atoms with E-state index in [1.807, 2.05) is 0 Å². The maximum atomic E-state index is 15.2. The second kappa shape index (κ2) is 5.56. The Morgan fingerprint density at radius 2 is 1.62 bits per heavy atom. The summed E-state index contributed by atoms with van der Waals surface area (Å²) in [6.45, 7) is 13.7. The van der Waals surface area contributed by atoms with Gasteiger partial charge in [0.05, 0.1) is 0 Å². The van der Waals surface area contributed by atoms with E-state index in [9.17, 15) is 4.79 Å². The smallest absolute Gasteiger partial charge is 0.158 e. The summed E-state index contributed by atoms with van der Waals surface area (Å²) in [5.41, 5.74) is 1.26. The molecule has 4 fully saturated rings. The lowest BCUT2D eigenvalue weighted by molar-refractivity contribution is -0.133. The molecule has 3 heteroatoms. The lowest BCUT2D eigenvalue weighted by Crippen LogP contribution is -2.59. The summed E-state index contributed by atoms with van der Waals surface area (Å²) in [5.74, 6) is 1.91. The Hall–Kier alpha value is -0.700. The Balaban J connectivity index is 1.59. The molecule has 0 bridgehead atoms. The number of fused-ring (bicyclic) bond motifs is 2. The topological polar surface area (TPSA) is 29.1 Å².